The first-order valence-electron chi connectivity index (χ1n) is 7.80. The molecular formula is C18H18N2O5. The molecule has 3 N–H and O–H groups in total. The van der Waals surface area contributed by atoms with Gasteiger partial charge in [-0.15, -0.1) is 0 Å². The van der Waals surface area contributed by atoms with Crippen molar-refractivity contribution in [3.05, 3.63) is 53.6 Å². The third-order valence-electron chi connectivity index (χ3n) is 3.61. The normalized spacial score (nSPS) is 12.3. The molecule has 0 radical (unpaired) electrons. The summed E-state index contributed by atoms with van der Waals surface area (Å²) >= 11 is 0. The Morgan fingerprint density at radius 1 is 1.04 bits per heavy atom. The highest BCUT2D eigenvalue weighted by Crippen LogP contribution is 2.30. The molecule has 1 aliphatic rings. The van der Waals surface area contributed by atoms with Crippen LogP contribution in [-0.2, 0) is 11.3 Å². The van der Waals surface area contributed by atoms with E-state index < -0.39 is 5.91 Å². The standard InChI is InChI=1S/C18H18N2O5/c19-18(22)13-2-4-14(5-3-13)25-11-17(21)20-10-12-1-6-15-16(9-12)24-8-7-23-15/h1-6,9H,7-8,10-11H2,(H2,19,22)(H,20,21). The number of fused-ring (bicyclic) bond motifs is 1. The van der Waals surface area contributed by atoms with Crippen LogP contribution in [0.4, 0.5) is 0 Å². The van der Waals surface area contributed by atoms with Crippen molar-refractivity contribution in [1.82, 2.24) is 5.32 Å². The predicted octanol–water partition coefficient (Wildman–Crippen LogP) is 1.25. The molecule has 3 rings (SSSR count). The van der Waals surface area contributed by atoms with Crippen molar-refractivity contribution in [3.63, 3.8) is 0 Å². The van der Waals surface area contributed by atoms with E-state index in [9.17, 15) is 9.59 Å². The van der Waals surface area contributed by atoms with Crippen LogP contribution in [0.5, 0.6) is 17.2 Å². The first-order chi connectivity index (χ1) is 12.1. The highest BCUT2D eigenvalue weighted by molar-refractivity contribution is 5.92. The number of primary amides is 1. The second-order valence-corrected chi connectivity index (χ2v) is 5.43. The highest BCUT2D eigenvalue weighted by Gasteiger charge is 2.12. The topological polar surface area (TPSA) is 99.9 Å². The number of nitrogens with one attached hydrogen (secondary N) is 1. The number of hydrogen-bond donors (Lipinski definition) is 2. The van der Waals surface area contributed by atoms with Gasteiger partial charge in [-0.05, 0) is 42.0 Å². The number of amides is 2. The van der Waals surface area contributed by atoms with E-state index >= 15 is 0 Å². The maximum Gasteiger partial charge on any atom is 0.258 e. The second-order valence-electron chi connectivity index (χ2n) is 5.43. The van der Waals surface area contributed by atoms with Crippen molar-refractivity contribution in [2.75, 3.05) is 19.8 Å². The van der Waals surface area contributed by atoms with Crippen LogP contribution in [0.1, 0.15) is 15.9 Å². The maximum absolute atomic E-state index is 11.9. The van der Waals surface area contributed by atoms with E-state index in [0.717, 1.165) is 5.56 Å². The zero-order valence-corrected chi connectivity index (χ0v) is 13.5. The Labute approximate surface area is 144 Å². The average Bonchev–Trinajstić information content (AvgIpc) is 2.65. The molecule has 130 valence electrons. The van der Waals surface area contributed by atoms with Gasteiger partial charge in [0.05, 0.1) is 0 Å². The number of benzene rings is 2. The number of rotatable bonds is 6. The lowest BCUT2D eigenvalue weighted by molar-refractivity contribution is -0.123. The van der Waals surface area contributed by atoms with Crippen LogP contribution in [0.15, 0.2) is 42.5 Å². The van der Waals surface area contributed by atoms with Gasteiger partial charge < -0.3 is 25.3 Å². The summed E-state index contributed by atoms with van der Waals surface area (Å²) in [4.78, 5) is 22.9. The molecule has 0 fully saturated rings. The lowest BCUT2D eigenvalue weighted by Gasteiger charge is -2.19. The SMILES string of the molecule is NC(=O)c1ccc(OCC(=O)NCc2ccc3c(c2)OCCO3)cc1. The lowest BCUT2D eigenvalue weighted by atomic mass is 10.2. The fourth-order valence-electron chi connectivity index (χ4n) is 2.31. The van der Waals surface area contributed by atoms with Crippen molar-refractivity contribution in [3.8, 4) is 17.2 Å². The van der Waals surface area contributed by atoms with Crippen LogP contribution in [0.25, 0.3) is 0 Å². The van der Waals surface area contributed by atoms with E-state index in [0.29, 0.717) is 42.6 Å². The summed E-state index contributed by atoms with van der Waals surface area (Å²) in [6.45, 7) is 1.30. The first-order valence-corrected chi connectivity index (χ1v) is 7.80. The number of nitrogens with two attached hydrogens (primary N) is 1. The van der Waals surface area contributed by atoms with Gasteiger partial charge in [-0.1, -0.05) is 6.07 Å². The van der Waals surface area contributed by atoms with Gasteiger partial charge in [0.2, 0.25) is 5.91 Å². The Kier molecular flexibility index (Phi) is 5.03. The molecule has 0 spiro atoms. The lowest BCUT2D eigenvalue weighted by Crippen LogP contribution is -2.28. The summed E-state index contributed by atoms with van der Waals surface area (Å²) in [5, 5.41) is 2.77. The number of carbonyl (C=O) groups excluding carboxylic acids is 2. The van der Waals surface area contributed by atoms with Gasteiger partial charge in [0.1, 0.15) is 19.0 Å². The molecule has 7 heteroatoms. The molecule has 1 heterocycles. The van der Waals surface area contributed by atoms with Crippen molar-refractivity contribution >= 4 is 11.8 Å². The summed E-state index contributed by atoms with van der Waals surface area (Å²) in [5.41, 5.74) is 6.45. The van der Waals surface area contributed by atoms with Gasteiger partial charge in [0.25, 0.3) is 5.91 Å². The monoisotopic (exact) mass is 342 g/mol. The Bertz CT molecular complexity index is 774. The summed E-state index contributed by atoms with van der Waals surface area (Å²) in [7, 11) is 0. The van der Waals surface area contributed by atoms with Crippen molar-refractivity contribution in [2.24, 2.45) is 5.73 Å². The van der Waals surface area contributed by atoms with E-state index in [4.69, 9.17) is 19.9 Å². The van der Waals surface area contributed by atoms with Crippen LogP contribution in [0, 0.1) is 0 Å². The minimum Gasteiger partial charge on any atom is -0.486 e. The van der Waals surface area contributed by atoms with Gasteiger partial charge >= 0.3 is 0 Å². The largest absolute Gasteiger partial charge is 0.486 e. The van der Waals surface area contributed by atoms with Crippen LogP contribution in [-0.4, -0.2) is 31.6 Å². The molecule has 0 saturated carbocycles. The number of carbonyl (C=O) groups is 2. The van der Waals surface area contributed by atoms with E-state index in [1.54, 1.807) is 24.3 Å². The predicted molar refractivity (Wildman–Crippen MR) is 89.7 cm³/mol. The molecule has 1 aliphatic heterocycles. The van der Waals surface area contributed by atoms with Gasteiger partial charge in [-0.2, -0.15) is 0 Å². The first kappa shape index (κ1) is 16.6. The average molecular weight is 342 g/mol. The quantitative estimate of drug-likeness (QED) is 0.823. The smallest absolute Gasteiger partial charge is 0.258 e. The Hall–Kier alpha value is -3.22. The molecular weight excluding hydrogens is 324 g/mol. The molecule has 2 aromatic rings. The zero-order chi connectivity index (χ0) is 17.6. The highest BCUT2D eigenvalue weighted by atomic mass is 16.6. The molecule has 0 aliphatic carbocycles. The van der Waals surface area contributed by atoms with Crippen molar-refractivity contribution < 1.29 is 23.8 Å². The number of ether oxygens (including phenoxy) is 3. The molecule has 0 saturated heterocycles. The third-order valence-corrected chi connectivity index (χ3v) is 3.61. The Morgan fingerprint density at radius 2 is 1.76 bits per heavy atom. The van der Waals surface area contributed by atoms with Gasteiger partial charge in [-0.25, -0.2) is 0 Å². The minimum atomic E-state index is -0.510. The van der Waals surface area contributed by atoms with E-state index in [2.05, 4.69) is 5.32 Å². The van der Waals surface area contributed by atoms with Crippen LogP contribution in [0.3, 0.4) is 0 Å². The van der Waals surface area contributed by atoms with Gasteiger partial charge in [0.15, 0.2) is 18.1 Å². The maximum atomic E-state index is 11.9. The molecule has 2 amide bonds. The summed E-state index contributed by atoms with van der Waals surface area (Å²) in [5.74, 6) is 1.12. The molecule has 7 nitrogen and oxygen atoms in total. The van der Waals surface area contributed by atoms with Crippen LogP contribution in [0.2, 0.25) is 0 Å². The fraction of sp³-hybridized carbons (Fsp3) is 0.222. The Balaban J connectivity index is 1.47. The minimum absolute atomic E-state index is 0.125. The molecule has 0 atom stereocenters. The second kappa shape index (κ2) is 7.57. The summed E-state index contributed by atoms with van der Waals surface area (Å²) < 4.78 is 16.3. The zero-order valence-electron chi connectivity index (χ0n) is 13.5. The van der Waals surface area contributed by atoms with Gasteiger partial charge in [-0.3, -0.25) is 9.59 Å². The molecule has 0 bridgehead atoms. The Morgan fingerprint density at radius 3 is 2.48 bits per heavy atom. The molecule has 25 heavy (non-hydrogen) atoms. The summed E-state index contributed by atoms with van der Waals surface area (Å²) in [6, 6.07) is 11.8. The van der Waals surface area contributed by atoms with E-state index in [1.807, 2.05) is 18.2 Å². The fourth-order valence-corrected chi connectivity index (χ4v) is 2.31. The number of hydrogen-bond acceptors (Lipinski definition) is 5. The van der Waals surface area contributed by atoms with Crippen LogP contribution >= 0.6 is 0 Å². The van der Waals surface area contributed by atoms with E-state index in [1.165, 1.54) is 0 Å². The van der Waals surface area contributed by atoms with Crippen LogP contribution < -0.4 is 25.3 Å². The molecule has 2 aromatic carbocycles. The van der Waals surface area contributed by atoms with E-state index in [-0.39, 0.29) is 12.5 Å². The van der Waals surface area contributed by atoms with Crippen molar-refractivity contribution in [2.45, 2.75) is 6.54 Å². The van der Waals surface area contributed by atoms with Crippen molar-refractivity contribution in [1.29, 1.82) is 0 Å². The summed E-state index contributed by atoms with van der Waals surface area (Å²) in [6.07, 6.45) is 0. The van der Waals surface area contributed by atoms with Gasteiger partial charge in [0, 0.05) is 12.1 Å². The molecule has 0 aromatic heterocycles. The molecule has 0 unspecified atom stereocenters. The third kappa shape index (κ3) is 4.41.